The van der Waals surface area contributed by atoms with Gasteiger partial charge in [0.1, 0.15) is 0 Å². The largest absolute Gasteiger partial charge is 0.481 e. The fourth-order valence-corrected chi connectivity index (χ4v) is 0.771. The average molecular weight is 195 g/mol. The molecule has 1 amide bonds. The lowest BCUT2D eigenvalue weighted by atomic mass is 10.3. The van der Waals surface area contributed by atoms with Crippen LogP contribution in [0.15, 0.2) is 18.5 Å². The zero-order valence-electron chi connectivity index (χ0n) is 7.30. The molecule has 0 bridgehead atoms. The standard InChI is InChI=1S/C8H9N3O3/c12-6(2-3-7(13)14)11-8-9-4-1-5-10-8/h1,4-5H,2-3H2,(H,13,14)(H,9,10,11,12). The Bertz CT molecular complexity index is 326. The molecule has 0 aromatic carbocycles. The molecule has 0 aliphatic rings. The first kappa shape index (κ1) is 10.1. The Morgan fingerprint density at radius 1 is 1.29 bits per heavy atom. The van der Waals surface area contributed by atoms with E-state index < -0.39 is 11.9 Å². The Morgan fingerprint density at radius 2 is 1.93 bits per heavy atom. The molecule has 1 aromatic heterocycles. The maximum absolute atomic E-state index is 11.1. The van der Waals surface area contributed by atoms with Crippen molar-refractivity contribution in [2.45, 2.75) is 12.8 Å². The van der Waals surface area contributed by atoms with Gasteiger partial charge in [-0.15, -0.1) is 0 Å². The summed E-state index contributed by atoms with van der Waals surface area (Å²) in [4.78, 5) is 28.7. The van der Waals surface area contributed by atoms with Gasteiger partial charge in [-0.2, -0.15) is 0 Å². The van der Waals surface area contributed by atoms with Crippen molar-refractivity contribution in [2.24, 2.45) is 0 Å². The number of aliphatic carboxylic acids is 1. The van der Waals surface area contributed by atoms with Crippen molar-refractivity contribution >= 4 is 17.8 Å². The van der Waals surface area contributed by atoms with Gasteiger partial charge in [-0.05, 0) is 6.07 Å². The molecule has 6 nitrogen and oxygen atoms in total. The molecule has 0 unspecified atom stereocenters. The van der Waals surface area contributed by atoms with Gasteiger partial charge in [-0.25, -0.2) is 9.97 Å². The van der Waals surface area contributed by atoms with E-state index in [2.05, 4.69) is 15.3 Å². The Kier molecular flexibility index (Phi) is 3.54. The van der Waals surface area contributed by atoms with Gasteiger partial charge in [0.25, 0.3) is 0 Å². The fourth-order valence-electron chi connectivity index (χ4n) is 0.771. The van der Waals surface area contributed by atoms with E-state index in [1.54, 1.807) is 6.07 Å². The van der Waals surface area contributed by atoms with Crippen LogP contribution in [-0.4, -0.2) is 27.0 Å². The molecule has 0 radical (unpaired) electrons. The summed E-state index contributed by atoms with van der Waals surface area (Å²) in [6.45, 7) is 0. The molecule has 0 atom stereocenters. The summed E-state index contributed by atoms with van der Waals surface area (Å²) in [5, 5.41) is 10.7. The molecule has 0 saturated carbocycles. The van der Waals surface area contributed by atoms with E-state index in [0.29, 0.717) is 0 Å². The normalized spacial score (nSPS) is 9.43. The smallest absolute Gasteiger partial charge is 0.303 e. The van der Waals surface area contributed by atoms with Crippen LogP contribution in [0.5, 0.6) is 0 Å². The lowest BCUT2D eigenvalue weighted by Gasteiger charge is -2.00. The maximum atomic E-state index is 11.1. The number of nitrogens with one attached hydrogen (secondary N) is 1. The van der Waals surface area contributed by atoms with Crippen LogP contribution in [0.2, 0.25) is 0 Å². The van der Waals surface area contributed by atoms with E-state index in [-0.39, 0.29) is 18.8 Å². The molecular formula is C8H9N3O3. The van der Waals surface area contributed by atoms with Crippen LogP contribution < -0.4 is 5.32 Å². The molecule has 14 heavy (non-hydrogen) atoms. The van der Waals surface area contributed by atoms with Crippen LogP contribution in [0.1, 0.15) is 12.8 Å². The number of hydrogen-bond acceptors (Lipinski definition) is 4. The second-order valence-electron chi connectivity index (χ2n) is 2.51. The number of nitrogens with zero attached hydrogens (tertiary/aromatic N) is 2. The number of rotatable bonds is 4. The number of carboxylic acid groups (broad SMARTS) is 1. The third kappa shape index (κ3) is 3.61. The third-order valence-corrected chi connectivity index (χ3v) is 1.38. The lowest BCUT2D eigenvalue weighted by Crippen LogP contribution is -2.14. The molecule has 0 fully saturated rings. The summed E-state index contributed by atoms with van der Waals surface area (Å²) in [5.41, 5.74) is 0. The monoisotopic (exact) mass is 195 g/mol. The Morgan fingerprint density at radius 3 is 2.50 bits per heavy atom. The van der Waals surface area contributed by atoms with Crippen molar-refractivity contribution in [1.82, 2.24) is 9.97 Å². The summed E-state index contributed by atoms with van der Waals surface area (Å²) < 4.78 is 0. The zero-order chi connectivity index (χ0) is 10.4. The van der Waals surface area contributed by atoms with Gasteiger partial charge in [-0.1, -0.05) is 0 Å². The molecule has 74 valence electrons. The predicted octanol–water partition coefficient (Wildman–Crippen LogP) is 0.280. The van der Waals surface area contributed by atoms with Crippen LogP contribution in [0.4, 0.5) is 5.95 Å². The molecule has 0 saturated heterocycles. The fraction of sp³-hybridized carbons (Fsp3) is 0.250. The number of carbonyl (C=O) groups excluding carboxylic acids is 1. The van der Waals surface area contributed by atoms with E-state index >= 15 is 0 Å². The number of amides is 1. The van der Waals surface area contributed by atoms with Gasteiger partial charge < -0.3 is 5.11 Å². The minimum atomic E-state index is -1.01. The highest BCUT2D eigenvalue weighted by Crippen LogP contribution is 1.97. The summed E-state index contributed by atoms with van der Waals surface area (Å²) in [5.74, 6) is -1.23. The summed E-state index contributed by atoms with van der Waals surface area (Å²) in [7, 11) is 0. The van der Waals surface area contributed by atoms with Gasteiger partial charge >= 0.3 is 5.97 Å². The molecule has 1 rings (SSSR count). The average Bonchev–Trinajstić information content (AvgIpc) is 2.16. The Labute approximate surface area is 80.0 Å². The van der Waals surface area contributed by atoms with Gasteiger partial charge in [-0.3, -0.25) is 14.9 Å². The van der Waals surface area contributed by atoms with Crippen molar-refractivity contribution in [3.8, 4) is 0 Å². The molecule has 6 heteroatoms. The highest BCUT2D eigenvalue weighted by atomic mass is 16.4. The zero-order valence-corrected chi connectivity index (χ0v) is 7.30. The molecule has 0 spiro atoms. The first-order valence-electron chi connectivity index (χ1n) is 3.97. The molecule has 0 aliphatic carbocycles. The van der Waals surface area contributed by atoms with E-state index in [9.17, 15) is 9.59 Å². The molecular weight excluding hydrogens is 186 g/mol. The van der Waals surface area contributed by atoms with Gasteiger partial charge in [0, 0.05) is 18.8 Å². The maximum Gasteiger partial charge on any atom is 0.303 e. The first-order chi connectivity index (χ1) is 6.68. The second-order valence-corrected chi connectivity index (χ2v) is 2.51. The summed E-state index contributed by atoms with van der Waals surface area (Å²) >= 11 is 0. The number of hydrogen-bond donors (Lipinski definition) is 2. The van der Waals surface area contributed by atoms with Crippen molar-refractivity contribution in [3.05, 3.63) is 18.5 Å². The van der Waals surface area contributed by atoms with Crippen LogP contribution in [-0.2, 0) is 9.59 Å². The topological polar surface area (TPSA) is 92.2 Å². The van der Waals surface area contributed by atoms with Crippen molar-refractivity contribution in [3.63, 3.8) is 0 Å². The Balaban J connectivity index is 2.38. The molecule has 1 heterocycles. The van der Waals surface area contributed by atoms with E-state index in [0.717, 1.165) is 0 Å². The number of carbonyl (C=O) groups is 2. The predicted molar refractivity (Wildman–Crippen MR) is 47.5 cm³/mol. The highest BCUT2D eigenvalue weighted by molar-refractivity contribution is 5.90. The minimum Gasteiger partial charge on any atom is -0.481 e. The second kappa shape index (κ2) is 4.90. The van der Waals surface area contributed by atoms with E-state index in [4.69, 9.17) is 5.11 Å². The van der Waals surface area contributed by atoms with Crippen LogP contribution in [0.25, 0.3) is 0 Å². The minimum absolute atomic E-state index is 0.0758. The molecule has 1 aromatic rings. The highest BCUT2D eigenvalue weighted by Gasteiger charge is 2.06. The molecule has 0 aliphatic heterocycles. The third-order valence-electron chi connectivity index (χ3n) is 1.38. The SMILES string of the molecule is O=C(O)CCC(=O)Nc1ncccn1. The van der Waals surface area contributed by atoms with Crippen molar-refractivity contribution in [1.29, 1.82) is 0 Å². The van der Waals surface area contributed by atoms with Gasteiger partial charge in [0.15, 0.2) is 0 Å². The van der Waals surface area contributed by atoms with Crippen molar-refractivity contribution in [2.75, 3.05) is 5.32 Å². The van der Waals surface area contributed by atoms with E-state index in [1.165, 1.54) is 12.4 Å². The summed E-state index contributed by atoms with van der Waals surface area (Å²) in [6.07, 6.45) is 2.70. The Hall–Kier alpha value is -1.98. The first-order valence-corrected chi connectivity index (χ1v) is 3.97. The molecule has 2 N–H and O–H groups in total. The van der Waals surface area contributed by atoms with Crippen molar-refractivity contribution < 1.29 is 14.7 Å². The number of anilines is 1. The van der Waals surface area contributed by atoms with Gasteiger partial charge in [0.05, 0.1) is 6.42 Å². The van der Waals surface area contributed by atoms with Crippen LogP contribution in [0, 0.1) is 0 Å². The number of carboxylic acids is 1. The summed E-state index contributed by atoms with van der Waals surface area (Å²) in [6, 6.07) is 1.62. The van der Waals surface area contributed by atoms with Gasteiger partial charge in [0.2, 0.25) is 11.9 Å². The van der Waals surface area contributed by atoms with Crippen LogP contribution in [0.3, 0.4) is 0 Å². The number of aromatic nitrogens is 2. The quantitative estimate of drug-likeness (QED) is 0.719. The lowest BCUT2D eigenvalue weighted by molar-refractivity contribution is -0.138. The van der Waals surface area contributed by atoms with Crippen LogP contribution >= 0.6 is 0 Å². The van der Waals surface area contributed by atoms with E-state index in [1.807, 2.05) is 0 Å².